The van der Waals surface area contributed by atoms with E-state index < -0.39 is 6.10 Å². The molecule has 0 aliphatic heterocycles. The fraction of sp³-hybridized carbons (Fsp3) is 0.321. The average molecular weight is 531 g/mol. The monoisotopic (exact) mass is 530 g/mol. The largest absolute Gasteiger partial charge is 0.508 e. The van der Waals surface area contributed by atoms with Crippen molar-refractivity contribution in [1.29, 1.82) is 0 Å². The van der Waals surface area contributed by atoms with Gasteiger partial charge in [-0.25, -0.2) is 0 Å². The molecule has 192 valence electrons. The Balaban J connectivity index is 1.51. The van der Waals surface area contributed by atoms with Crippen LogP contribution in [0.1, 0.15) is 40.8 Å². The molecule has 0 aliphatic rings. The zero-order valence-corrected chi connectivity index (χ0v) is 21.9. The summed E-state index contributed by atoms with van der Waals surface area (Å²) in [5.74, 6) is 0.0115. The number of aromatic hydroxyl groups is 1. The highest BCUT2D eigenvalue weighted by molar-refractivity contribution is 6.42. The van der Waals surface area contributed by atoms with Crippen LogP contribution in [0.5, 0.6) is 5.75 Å². The highest BCUT2D eigenvalue weighted by atomic mass is 35.5. The number of nitrogens with one attached hydrogen (secondary N) is 1. The van der Waals surface area contributed by atoms with E-state index in [0.717, 1.165) is 23.1 Å². The molecular weight excluding hydrogens is 499 g/mol. The summed E-state index contributed by atoms with van der Waals surface area (Å²) in [5.41, 5.74) is 3.95. The molecule has 8 heteroatoms. The van der Waals surface area contributed by atoms with Gasteiger partial charge in [0.1, 0.15) is 5.75 Å². The number of hydrogen-bond donors (Lipinski definition) is 4. The molecule has 4 N–H and O–H groups in total. The predicted octanol–water partition coefficient (Wildman–Crippen LogP) is 4.65. The second kappa shape index (κ2) is 13.1. The van der Waals surface area contributed by atoms with Crippen LogP contribution in [-0.2, 0) is 30.8 Å². The first kappa shape index (κ1) is 28.0. The van der Waals surface area contributed by atoms with Crippen molar-refractivity contribution in [3.8, 4) is 5.75 Å². The minimum absolute atomic E-state index is 0.00339. The number of nitrogens with zero attached hydrogens (tertiary/aromatic N) is 1. The molecule has 0 radical (unpaired) electrons. The molecule has 0 aliphatic carbocycles. The molecule has 36 heavy (non-hydrogen) atoms. The van der Waals surface area contributed by atoms with Crippen LogP contribution in [-0.4, -0.2) is 45.8 Å². The van der Waals surface area contributed by atoms with Gasteiger partial charge in [0.15, 0.2) is 0 Å². The van der Waals surface area contributed by atoms with E-state index in [2.05, 4.69) is 5.32 Å². The van der Waals surface area contributed by atoms with Gasteiger partial charge in [0.2, 0.25) is 5.91 Å². The number of aliphatic hydroxyl groups excluding tert-OH is 2. The SMILES string of the molecule is C[C@H](Cc1cccc(CC(=O)N(C)Cc2ccc(Cl)c(Cl)c2)c1)NC[C@@H](O)c1ccc(O)c(CO)c1. The van der Waals surface area contributed by atoms with Gasteiger partial charge in [-0.3, -0.25) is 4.79 Å². The Bertz CT molecular complexity index is 1190. The Morgan fingerprint density at radius 1 is 1.00 bits per heavy atom. The van der Waals surface area contributed by atoms with Crippen molar-refractivity contribution in [2.75, 3.05) is 13.6 Å². The molecule has 0 fully saturated rings. The van der Waals surface area contributed by atoms with Gasteiger partial charge in [-0.15, -0.1) is 0 Å². The molecule has 6 nitrogen and oxygen atoms in total. The third kappa shape index (κ3) is 7.95. The third-order valence-corrected chi connectivity index (χ3v) is 6.78. The summed E-state index contributed by atoms with van der Waals surface area (Å²) in [6, 6.07) is 18.1. The van der Waals surface area contributed by atoms with Crippen molar-refractivity contribution in [3.63, 3.8) is 0 Å². The summed E-state index contributed by atoms with van der Waals surface area (Å²) < 4.78 is 0. The number of carbonyl (C=O) groups is 1. The van der Waals surface area contributed by atoms with Gasteiger partial charge in [0.25, 0.3) is 0 Å². The number of benzene rings is 3. The quantitative estimate of drug-likeness (QED) is 0.289. The van der Waals surface area contributed by atoms with Crippen molar-refractivity contribution in [3.05, 3.63) is 98.5 Å². The minimum Gasteiger partial charge on any atom is -0.508 e. The number of amides is 1. The molecule has 0 spiro atoms. The van der Waals surface area contributed by atoms with Crippen molar-refractivity contribution in [1.82, 2.24) is 10.2 Å². The number of phenols is 1. The summed E-state index contributed by atoms with van der Waals surface area (Å²) in [6.07, 6.45) is 0.249. The minimum atomic E-state index is -0.770. The molecule has 0 bridgehead atoms. The molecule has 1 amide bonds. The lowest BCUT2D eigenvalue weighted by Crippen LogP contribution is -2.32. The second-order valence-electron chi connectivity index (χ2n) is 9.07. The summed E-state index contributed by atoms with van der Waals surface area (Å²) in [4.78, 5) is 14.4. The Morgan fingerprint density at radius 2 is 1.75 bits per heavy atom. The first-order valence-electron chi connectivity index (χ1n) is 11.8. The van der Waals surface area contributed by atoms with Crippen LogP contribution >= 0.6 is 23.2 Å². The standard InChI is InChI=1S/C28H32Cl2N2O4/c1-18(31-15-27(35)22-7-9-26(34)23(14-22)17-33)10-19-4-3-5-20(11-19)13-28(36)32(2)16-21-6-8-24(29)25(30)12-21/h3-9,11-12,14,18,27,31,33-35H,10,13,15-17H2,1-2H3/t18-,27-/m1/s1. The van der Waals surface area contributed by atoms with Crippen LogP contribution in [0.15, 0.2) is 60.7 Å². The number of carbonyl (C=O) groups excluding carboxylic acids is 1. The van der Waals surface area contributed by atoms with E-state index in [1.807, 2.05) is 37.3 Å². The average Bonchev–Trinajstić information content (AvgIpc) is 2.85. The lowest BCUT2D eigenvalue weighted by molar-refractivity contribution is -0.129. The smallest absolute Gasteiger partial charge is 0.227 e. The first-order valence-corrected chi connectivity index (χ1v) is 12.5. The number of rotatable bonds is 11. The van der Waals surface area contributed by atoms with Gasteiger partial charge in [-0.1, -0.05) is 59.6 Å². The van der Waals surface area contributed by atoms with Gasteiger partial charge in [0, 0.05) is 31.7 Å². The van der Waals surface area contributed by atoms with Crippen molar-refractivity contribution < 1.29 is 20.1 Å². The van der Waals surface area contributed by atoms with Crippen molar-refractivity contribution >= 4 is 29.1 Å². The summed E-state index contributed by atoms with van der Waals surface area (Å²) in [6.45, 7) is 2.51. The number of aliphatic hydroxyl groups is 2. The highest BCUT2D eigenvalue weighted by Crippen LogP contribution is 2.24. The zero-order chi connectivity index (χ0) is 26.2. The normalized spacial score (nSPS) is 12.8. The maximum atomic E-state index is 12.8. The Hall–Kier alpha value is -2.61. The second-order valence-corrected chi connectivity index (χ2v) is 9.88. The molecular formula is C28H32Cl2N2O4. The van der Waals surface area contributed by atoms with Crippen LogP contribution in [0.2, 0.25) is 10.0 Å². The molecule has 3 aromatic carbocycles. The Morgan fingerprint density at radius 3 is 2.47 bits per heavy atom. The summed E-state index contributed by atoms with van der Waals surface area (Å²) >= 11 is 12.1. The van der Waals surface area contributed by atoms with E-state index in [9.17, 15) is 20.1 Å². The van der Waals surface area contributed by atoms with E-state index in [1.54, 1.807) is 36.2 Å². The first-order chi connectivity index (χ1) is 17.2. The van der Waals surface area contributed by atoms with E-state index >= 15 is 0 Å². The molecule has 0 saturated heterocycles. The zero-order valence-electron chi connectivity index (χ0n) is 20.4. The van der Waals surface area contributed by atoms with E-state index in [4.69, 9.17) is 23.2 Å². The summed E-state index contributed by atoms with van der Waals surface area (Å²) in [5, 5.41) is 33.8. The van der Waals surface area contributed by atoms with Gasteiger partial charge < -0.3 is 25.5 Å². The van der Waals surface area contributed by atoms with E-state index in [1.165, 1.54) is 6.07 Å². The molecule has 2 atom stereocenters. The van der Waals surface area contributed by atoms with Crippen molar-refractivity contribution in [2.45, 2.75) is 45.1 Å². The van der Waals surface area contributed by atoms with Crippen LogP contribution in [0.3, 0.4) is 0 Å². The Labute approximate surface area is 222 Å². The fourth-order valence-corrected chi connectivity index (χ4v) is 4.29. The van der Waals surface area contributed by atoms with Crippen molar-refractivity contribution in [2.24, 2.45) is 0 Å². The van der Waals surface area contributed by atoms with Crippen LogP contribution in [0.25, 0.3) is 0 Å². The maximum Gasteiger partial charge on any atom is 0.227 e. The molecule has 0 aromatic heterocycles. The predicted molar refractivity (Wildman–Crippen MR) is 143 cm³/mol. The Kier molecular flexibility index (Phi) is 10.2. The topological polar surface area (TPSA) is 93.0 Å². The molecule has 3 rings (SSSR count). The van der Waals surface area contributed by atoms with Crippen LogP contribution in [0.4, 0.5) is 0 Å². The van der Waals surface area contributed by atoms with Crippen LogP contribution in [0, 0.1) is 0 Å². The number of halogens is 2. The van der Waals surface area contributed by atoms with E-state index in [0.29, 0.717) is 40.7 Å². The third-order valence-electron chi connectivity index (χ3n) is 6.04. The van der Waals surface area contributed by atoms with Gasteiger partial charge in [-0.2, -0.15) is 0 Å². The van der Waals surface area contributed by atoms with Gasteiger partial charge in [0.05, 0.1) is 29.2 Å². The summed E-state index contributed by atoms with van der Waals surface area (Å²) in [7, 11) is 1.77. The molecule has 0 saturated carbocycles. The molecule has 0 heterocycles. The van der Waals surface area contributed by atoms with Gasteiger partial charge in [-0.05, 0) is 59.9 Å². The molecule has 3 aromatic rings. The fourth-order valence-electron chi connectivity index (χ4n) is 3.97. The maximum absolute atomic E-state index is 12.8. The van der Waals surface area contributed by atoms with Gasteiger partial charge >= 0.3 is 0 Å². The lowest BCUT2D eigenvalue weighted by Gasteiger charge is -2.19. The van der Waals surface area contributed by atoms with E-state index in [-0.39, 0.29) is 24.3 Å². The highest BCUT2D eigenvalue weighted by Gasteiger charge is 2.14. The molecule has 0 unspecified atom stereocenters. The lowest BCUT2D eigenvalue weighted by atomic mass is 10.0. The number of likely N-dealkylation sites (N-methyl/N-ethyl adjacent to an activating group) is 1. The number of hydrogen-bond acceptors (Lipinski definition) is 5. The van der Waals surface area contributed by atoms with Crippen LogP contribution < -0.4 is 5.32 Å².